The van der Waals surface area contributed by atoms with Crippen molar-refractivity contribution in [1.82, 2.24) is 9.80 Å². The first kappa shape index (κ1) is 20.1. The highest BCUT2D eigenvalue weighted by Crippen LogP contribution is 2.43. The number of aliphatic hydroxyl groups is 1. The van der Waals surface area contributed by atoms with Gasteiger partial charge in [-0.05, 0) is 30.5 Å². The van der Waals surface area contributed by atoms with Crippen LogP contribution in [0.25, 0.3) is 0 Å². The highest BCUT2D eigenvalue weighted by molar-refractivity contribution is 7.10. The summed E-state index contributed by atoms with van der Waals surface area (Å²) in [4.78, 5) is 33.4. The molecule has 1 N–H and O–H groups in total. The molecule has 2 aliphatic heterocycles. The van der Waals surface area contributed by atoms with E-state index in [9.17, 15) is 9.59 Å². The van der Waals surface area contributed by atoms with Gasteiger partial charge in [0.05, 0.1) is 18.6 Å². The second kappa shape index (κ2) is 8.65. The van der Waals surface area contributed by atoms with Crippen molar-refractivity contribution in [1.29, 1.82) is 0 Å². The first-order valence-electron chi connectivity index (χ1n) is 10.1. The Labute approximate surface area is 175 Å². The van der Waals surface area contributed by atoms with Crippen LogP contribution >= 0.6 is 11.3 Å². The summed E-state index contributed by atoms with van der Waals surface area (Å²) in [6.07, 6.45) is 0.242. The van der Waals surface area contributed by atoms with E-state index >= 15 is 0 Å². The minimum absolute atomic E-state index is 0.00418. The number of carbonyl (C=O) groups excluding carboxylic acids is 2. The van der Waals surface area contributed by atoms with Gasteiger partial charge in [-0.25, -0.2) is 0 Å². The van der Waals surface area contributed by atoms with E-state index in [1.54, 1.807) is 11.3 Å². The highest BCUT2D eigenvalue weighted by Gasteiger charge is 2.47. The molecule has 2 fully saturated rings. The summed E-state index contributed by atoms with van der Waals surface area (Å²) < 4.78 is 0. The lowest BCUT2D eigenvalue weighted by molar-refractivity contribution is -0.138. The number of benzene rings is 1. The smallest absolute Gasteiger partial charge is 0.228 e. The maximum atomic E-state index is 13.4. The molecule has 2 amide bonds. The molecule has 0 radical (unpaired) electrons. The molecule has 4 rings (SSSR count). The summed E-state index contributed by atoms with van der Waals surface area (Å²) in [6, 6.07) is 11.7. The summed E-state index contributed by atoms with van der Waals surface area (Å²) in [5.74, 6) is -0.300. The zero-order valence-electron chi connectivity index (χ0n) is 16.7. The number of nitrogens with zero attached hydrogens (tertiary/aromatic N) is 3. The summed E-state index contributed by atoms with van der Waals surface area (Å²) >= 11 is 1.60. The summed E-state index contributed by atoms with van der Waals surface area (Å²) in [6.45, 7) is 5.61. The van der Waals surface area contributed by atoms with Gasteiger partial charge in [0.2, 0.25) is 11.8 Å². The van der Waals surface area contributed by atoms with Gasteiger partial charge in [-0.2, -0.15) is 0 Å². The molecule has 0 bridgehead atoms. The summed E-state index contributed by atoms with van der Waals surface area (Å²) in [7, 11) is 0. The van der Waals surface area contributed by atoms with Crippen LogP contribution in [0.2, 0.25) is 0 Å². The van der Waals surface area contributed by atoms with Gasteiger partial charge < -0.3 is 14.9 Å². The van der Waals surface area contributed by atoms with Crippen LogP contribution in [0.3, 0.4) is 0 Å². The average molecular weight is 414 g/mol. The SMILES string of the molecule is Cc1ccc(N2C(=O)CC(C(=O)N3CCN(CCO)CC3)C2c2cccs2)cc1. The lowest BCUT2D eigenvalue weighted by Gasteiger charge is -2.37. The van der Waals surface area contributed by atoms with Crippen molar-refractivity contribution in [3.05, 3.63) is 52.2 Å². The monoisotopic (exact) mass is 413 g/mol. The van der Waals surface area contributed by atoms with E-state index in [0.717, 1.165) is 29.2 Å². The maximum absolute atomic E-state index is 13.4. The van der Waals surface area contributed by atoms with Crippen molar-refractivity contribution in [3.8, 4) is 0 Å². The van der Waals surface area contributed by atoms with Gasteiger partial charge in [0.25, 0.3) is 0 Å². The largest absolute Gasteiger partial charge is 0.395 e. The molecule has 2 atom stereocenters. The van der Waals surface area contributed by atoms with E-state index < -0.39 is 0 Å². The summed E-state index contributed by atoms with van der Waals surface area (Å²) in [5.41, 5.74) is 1.99. The number of aliphatic hydroxyl groups excluding tert-OH is 1. The number of hydrogen-bond acceptors (Lipinski definition) is 5. The minimum Gasteiger partial charge on any atom is -0.395 e. The number of amides is 2. The van der Waals surface area contributed by atoms with Crippen LogP contribution in [0.1, 0.15) is 22.9 Å². The number of rotatable bonds is 5. The van der Waals surface area contributed by atoms with E-state index in [0.29, 0.717) is 19.6 Å². The molecule has 6 nitrogen and oxygen atoms in total. The maximum Gasteiger partial charge on any atom is 0.228 e. The minimum atomic E-state index is -0.369. The number of carbonyl (C=O) groups is 2. The van der Waals surface area contributed by atoms with Gasteiger partial charge in [-0.15, -0.1) is 11.3 Å². The Morgan fingerprint density at radius 3 is 2.48 bits per heavy atom. The van der Waals surface area contributed by atoms with E-state index in [4.69, 9.17) is 5.11 Å². The third-order valence-electron chi connectivity index (χ3n) is 5.89. The van der Waals surface area contributed by atoms with Crippen molar-refractivity contribution < 1.29 is 14.7 Å². The highest BCUT2D eigenvalue weighted by atomic mass is 32.1. The van der Waals surface area contributed by atoms with Crippen LogP contribution in [0.5, 0.6) is 0 Å². The van der Waals surface area contributed by atoms with Gasteiger partial charge >= 0.3 is 0 Å². The molecule has 154 valence electrons. The lowest BCUT2D eigenvalue weighted by Crippen LogP contribution is -2.51. The van der Waals surface area contributed by atoms with E-state index in [-0.39, 0.29) is 36.8 Å². The number of β-amino-alcohol motifs (C(OH)–C–C–N with tert-alkyl or cyclic N) is 1. The zero-order valence-corrected chi connectivity index (χ0v) is 17.5. The van der Waals surface area contributed by atoms with Crippen molar-refractivity contribution in [3.63, 3.8) is 0 Å². The number of thiophene rings is 1. The van der Waals surface area contributed by atoms with Crippen molar-refractivity contribution in [2.24, 2.45) is 5.92 Å². The Hall–Kier alpha value is -2.22. The topological polar surface area (TPSA) is 64.1 Å². The molecule has 0 saturated carbocycles. The second-order valence-electron chi connectivity index (χ2n) is 7.76. The first-order chi connectivity index (χ1) is 14.1. The molecule has 0 spiro atoms. The molecule has 0 aliphatic carbocycles. The molecule has 1 aromatic carbocycles. The molecule has 2 aliphatic rings. The van der Waals surface area contributed by atoms with Crippen molar-refractivity contribution in [2.75, 3.05) is 44.2 Å². The zero-order chi connectivity index (χ0) is 20.4. The first-order valence-corrected chi connectivity index (χ1v) is 11.0. The Balaban J connectivity index is 1.58. The molecule has 29 heavy (non-hydrogen) atoms. The van der Waals surface area contributed by atoms with E-state index in [1.807, 2.05) is 58.5 Å². The average Bonchev–Trinajstić information content (AvgIpc) is 3.37. The molecule has 2 saturated heterocycles. The number of anilines is 1. The quantitative estimate of drug-likeness (QED) is 0.817. The van der Waals surface area contributed by atoms with Crippen LogP contribution in [0.4, 0.5) is 5.69 Å². The van der Waals surface area contributed by atoms with E-state index in [1.165, 1.54) is 0 Å². The van der Waals surface area contributed by atoms with Crippen LogP contribution in [0.15, 0.2) is 41.8 Å². The van der Waals surface area contributed by atoms with E-state index in [2.05, 4.69) is 4.90 Å². The number of aryl methyl sites for hydroxylation is 1. The molecule has 2 aromatic rings. The van der Waals surface area contributed by atoms with Crippen LogP contribution in [-0.2, 0) is 9.59 Å². The summed E-state index contributed by atoms with van der Waals surface area (Å²) in [5, 5.41) is 11.1. The molecule has 2 unspecified atom stereocenters. The molecule has 7 heteroatoms. The third kappa shape index (κ3) is 4.08. The Morgan fingerprint density at radius 1 is 1.14 bits per heavy atom. The van der Waals surface area contributed by atoms with Crippen LogP contribution in [0, 0.1) is 12.8 Å². The van der Waals surface area contributed by atoms with Gasteiger partial charge in [0.1, 0.15) is 0 Å². The normalized spacial score (nSPS) is 23.0. The molecular weight excluding hydrogens is 386 g/mol. The lowest BCUT2D eigenvalue weighted by atomic mass is 9.96. The third-order valence-corrected chi connectivity index (χ3v) is 6.83. The second-order valence-corrected chi connectivity index (χ2v) is 8.74. The van der Waals surface area contributed by atoms with Gasteiger partial charge in [-0.3, -0.25) is 14.5 Å². The fourth-order valence-corrected chi connectivity index (χ4v) is 5.20. The molecule has 3 heterocycles. The Kier molecular flexibility index (Phi) is 5.99. The standard InChI is InChI=1S/C22H27N3O3S/c1-16-4-6-17(7-5-16)25-20(27)15-18(21(25)19-3-2-14-29-19)22(28)24-10-8-23(9-11-24)12-13-26/h2-7,14,18,21,26H,8-13,15H2,1H3. The van der Waals surface area contributed by atoms with Crippen LogP contribution in [-0.4, -0.2) is 66.1 Å². The molecular formula is C22H27N3O3S. The van der Waals surface area contributed by atoms with Crippen molar-refractivity contribution >= 4 is 28.8 Å². The Morgan fingerprint density at radius 2 is 1.86 bits per heavy atom. The fraction of sp³-hybridized carbons (Fsp3) is 0.455. The van der Waals surface area contributed by atoms with Gasteiger partial charge in [-0.1, -0.05) is 23.8 Å². The van der Waals surface area contributed by atoms with Gasteiger partial charge in [0.15, 0.2) is 0 Å². The van der Waals surface area contributed by atoms with Crippen molar-refractivity contribution in [2.45, 2.75) is 19.4 Å². The number of hydrogen-bond donors (Lipinski definition) is 1. The fourth-order valence-electron chi connectivity index (χ4n) is 4.32. The molecule has 1 aromatic heterocycles. The predicted molar refractivity (Wildman–Crippen MR) is 114 cm³/mol. The van der Waals surface area contributed by atoms with Crippen LogP contribution < -0.4 is 4.90 Å². The Bertz CT molecular complexity index is 845. The predicted octanol–water partition coefficient (Wildman–Crippen LogP) is 2.29. The number of piperazine rings is 1. The van der Waals surface area contributed by atoms with Gasteiger partial charge in [0, 0.05) is 49.7 Å².